The average molecular weight is 228 g/mol. The summed E-state index contributed by atoms with van der Waals surface area (Å²) in [7, 11) is 1.35. The van der Waals surface area contributed by atoms with E-state index in [0.717, 1.165) is 24.4 Å². The number of methoxy groups -OCH3 is 1. The predicted octanol–water partition coefficient (Wildman–Crippen LogP) is 2.33. The van der Waals surface area contributed by atoms with E-state index in [9.17, 15) is 4.79 Å². The van der Waals surface area contributed by atoms with Gasteiger partial charge in [-0.2, -0.15) is 0 Å². The van der Waals surface area contributed by atoms with Gasteiger partial charge in [0.2, 0.25) is 0 Å². The van der Waals surface area contributed by atoms with Gasteiger partial charge in [-0.1, -0.05) is 13.3 Å². The zero-order valence-electron chi connectivity index (χ0n) is 9.00. The van der Waals surface area contributed by atoms with Gasteiger partial charge in [0.1, 0.15) is 4.88 Å². The zero-order valence-corrected chi connectivity index (χ0v) is 9.82. The highest BCUT2D eigenvalue weighted by Gasteiger charge is 2.14. The second-order valence-electron chi connectivity index (χ2n) is 3.17. The van der Waals surface area contributed by atoms with E-state index < -0.39 is 0 Å². The Labute approximate surface area is 93.4 Å². The van der Waals surface area contributed by atoms with Crippen molar-refractivity contribution in [3.63, 3.8) is 0 Å². The number of nitrogens with one attached hydrogen (secondary N) is 1. The van der Waals surface area contributed by atoms with Gasteiger partial charge >= 0.3 is 5.97 Å². The van der Waals surface area contributed by atoms with Crippen LogP contribution in [0.1, 0.15) is 29.4 Å². The second kappa shape index (κ2) is 5.60. The molecule has 0 aliphatic rings. The van der Waals surface area contributed by atoms with Gasteiger partial charge < -0.3 is 15.8 Å². The maximum Gasteiger partial charge on any atom is 0.350 e. The van der Waals surface area contributed by atoms with Crippen LogP contribution < -0.4 is 11.1 Å². The molecule has 0 aliphatic carbocycles. The summed E-state index contributed by atoms with van der Waals surface area (Å²) in [4.78, 5) is 11.7. The third-order valence-electron chi connectivity index (χ3n) is 1.96. The molecule has 0 spiro atoms. The first kappa shape index (κ1) is 11.8. The molecular formula is C10H16N2O2S. The van der Waals surface area contributed by atoms with E-state index in [1.165, 1.54) is 18.4 Å². The molecular weight excluding hydrogens is 212 g/mol. The average Bonchev–Trinajstić information content (AvgIpc) is 2.59. The molecule has 0 saturated carbocycles. The Morgan fingerprint density at radius 3 is 3.00 bits per heavy atom. The fourth-order valence-electron chi connectivity index (χ4n) is 1.13. The SMILES string of the molecule is CCCCNc1cc(N)c(C(=O)OC)s1. The number of nitrogen functional groups attached to an aromatic ring is 1. The van der Waals surface area contributed by atoms with Crippen LogP contribution in [-0.4, -0.2) is 19.6 Å². The van der Waals surface area contributed by atoms with Gasteiger partial charge in [-0.25, -0.2) is 4.79 Å². The van der Waals surface area contributed by atoms with Gasteiger partial charge in [-0.3, -0.25) is 0 Å². The summed E-state index contributed by atoms with van der Waals surface area (Å²) >= 11 is 1.33. The molecule has 1 aromatic heterocycles. The van der Waals surface area contributed by atoms with Crippen LogP contribution in [0.4, 0.5) is 10.7 Å². The van der Waals surface area contributed by atoms with E-state index in [1.807, 2.05) is 0 Å². The molecule has 0 fully saturated rings. The zero-order chi connectivity index (χ0) is 11.3. The lowest BCUT2D eigenvalue weighted by atomic mass is 10.3. The lowest BCUT2D eigenvalue weighted by Crippen LogP contribution is -2.01. The standard InChI is InChI=1S/C10H16N2O2S/c1-3-4-5-12-8-6-7(11)9(15-8)10(13)14-2/h6,12H,3-5,11H2,1-2H3. The topological polar surface area (TPSA) is 64.3 Å². The summed E-state index contributed by atoms with van der Waals surface area (Å²) in [5.41, 5.74) is 6.17. The van der Waals surface area contributed by atoms with Crippen molar-refractivity contribution in [2.24, 2.45) is 0 Å². The molecule has 0 atom stereocenters. The molecule has 1 heterocycles. The molecule has 84 valence electrons. The number of hydrogen-bond donors (Lipinski definition) is 2. The molecule has 5 heteroatoms. The van der Waals surface area contributed by atoms with Gasteiger partial charge in [0.15, 0.2) is 0 Å². The third-order valence-corrected chi connectivity index (χ3v) is 3.05. The Hall–Kier alpha value is -1.23. The first-order chi connectivity index (χ1) is 7.19. The van der Waals surface area contributed by atoms with E-state index in [1.54, 1.807) is 6.07 Å². The smallest absolute Gasteiger partial charge is 0.350 e. The van der Waals surface area contributed by atoms with E-state index >= 15 is 0 Å². The number of unbranched alkanes of at least 4 members (excludes halogenated alkanes) is 1. The molecule has 0 bridgehead atoms. The Morgan fingerprint density at radius 2 is 2.40 bits per heavy atom. The monoisotopic (exact) mass is 228 g/mol. The molecule has 0 aromatic carbocycles. The summed E-state index contributed by atoms with van der Waals surface area (Å²) < 4.78 is 4.62. The molecule has 0 radical (unpaired) electrons. The number of esters is 1. The minimum atomic E-state index is -0.374. The van der Waals surface area contributed by atoms with Crippen LogP contribution >= 0.6 is 11.3 Å². The summed E-state index contributed by atoms with van der Waals surface area (Å²) in [5.74, 6) is -0.374. The molecule has 15 heavy (non-hydrogen) atoms. The molecule has 0 amide bonds. The second-order valence-corrected chi connectivity index (χ2v) is 4.22. The van der Waals surface area contributed by atoms with Crippen LogP contribution in [0.5, 0.6) is 0 Å². The van der Waals surface area contributed by atoms with Gasteiger partial charge in [-0.15, -0.1) is 11.3 Å². The highest BCUT2D eigenvalue weighted by Crippen LogP contribution is 2.29. The minimum absolute atomic E-state index is 0.374. The fourth-order valence-corrected chi connectivity index (χ4v) is 2.06. The van der Waals surface area contributed by atoms with Crippen molar-refractivity contribution in [2.45, 2.75) is 19.8 Å². The van der Waals surface area contributed by atoms with Crippen molar-refractivity contribution < 1.29 is 9.53 Å². The van der Waals surface area contributed by atoms with Crippen molar-refractivity contribution in [1.82, 2.24) is 0 Å². The summed E-state index contributed by atoms with van der Waals surface area (Å²) in [5, 5.41) is 4.13. The van der Waals surface area contributed by atoms with E-state index in [4.69, 9.17) is 5.73 Å². The van der Waals surface area contributed by atoms with Crippen molar-refractivity contribution >= 4 is 28.0 Å². The van der Waals surface area contributed by atoms with Crippen LogP contribution in [-0.2, 0) is 4.74 Å². The first-order valence-electron chi connectivity index (χ1n) is 4.90. The first-order valence-corrected chi connectivity index (χ1v) is 5.72. The number of carbonyl (C=O) groups is 1. The number of nitrogens with two attached hydrogens (primary N) is 1. The Kier molecular flexibility index (Phi) is 4.42. The minimum Gasteiger partial charge on any atom is -0.465 e. The Balaban J connectivity index is 2.64. The quantitative estimate of drug-likeness (QED) is 0.599. The van der Waals surface area contributed by atoms with Crippen LogP contribution in [0, 0.1) is 0 Å². The van der Waals surface area contributed by atoms with Gasteiger partial charge in [-0.05, 0) is 12.5 Å². The van der Waals surface area contributed by atoms with Crippen molar-refractivity contribution in [3.05, 3.63) is 10.9 Å². The largest absolute Gasteiger partial charge is 0.465 e. The molecule has 1 aromatic rings. The number of anilines is 2. The van der Waals surface area contributed by atoms with Crippen molar-refractivity contribution in [1.29, 1.82) is 0 Å². The van der Waals surface area contributed by atoms with Gasteiger partial charge in [0.25, 0.3) is 0 Å². The van der Waals surface area contributed by atoms with Crippen LogP contribution in [0.25, 0.3) is 0 Å². The van der Waals surface area contributed by atoms with Crippen LogP contribution in [0.2, 0.25) is 0 Å². The van der Waals surface area contributed by atoms with Crippen molar-refractivity contribution in [3.8, 4) is 0 Å². The molecule has 4 nitrogen and oxygen atoms in total. The maximum atomic E-state index is 11.3. The summed E-state index contributed by atoms with van der Waals surface area (Å²) in [6, 6.07) is 1.77. The van der Waals surface area contributed by atoms with E-state index in [0.29, 0.717) is 10.6 Å². The van der Waals surface area contributed by atoms with Crippen LogP contribution in [0.3, 0.4) is 0 Å². The lowest BCUT2D eigenvalue weighted by Gasteiger charge is -1.99. The van der Waals surface area contributed by atoms with Crippen molar-refractivity contribution in [2.75, 3.05) is 24.7 Å². The predicted molar refractivity (Wildman–Crippen MR) is 63.5 cm³/mol. The molecule has 0 aliphatic heterocycles. The normalized spacial score (nSPS) is 10.0. The highest BCUT2D eigenvalue weighted by molar-refractivity contribution is 7.18. The van der Waals surface area contributed by atoms with Gasteiger partial charge in [0, 0.05) is 6.54 Å². The number of rotatable bonds is 5. The maximum absolute atomic E-state index is 11.3. The molecule has 3 N–H and O–H groups in total. The molecule has 0 saturated heterocycles. The van der Waals surface area contributed by atoms with E-state index in [-0.39, 0.29) is 5.97 Å². The summed E-state index contributed by atoms with van der Waals surface area (Å²) in [6.45, 7) is 3.03. The molecule has 1 rings (SSSR count). The summed E-state index contributed by atoms with van der Waals surface area (Å²) in [6.07, 6.45) is 2.24. The highest BCUT2D eigenvalue weighted by atomic mass is 32.1. The lowest BCUT2D eigenvalue weighted by molar-refractivity contribution is 0.0607. The third kappa shape index (κ3) is 3.13. The van der Waals surface area contributed by atoms with Crippen LogP contribution in [0.15, 0.2) is 6.07 Å². The number of thiophene rings is 1. The molecule has 0 unspecified atom stereocenters. The van der Waals surface area contributed by atoms with E-state index in [2.05, 4.69) is 17.0 Å². The Morgan fingerprint density at radius 1 is 1.67 bits per heavy atom. The Bertz CT molecular complexity index is 336. The number of ether oxygens (including phenoxy) is 1. The number of carbonyl (C=O) groups excluding carboxylic acids is 1. The number of hydrogen-bond acceptors (Lipinski definition) is 5. The van der Waals surface area contributed by atoms with Gasteiger partial charge in [0.05, 0.1) is 17.8 Å². The fraction of sp³-hybridized carbons (Fsp3) is 0.500.